The molecule has 0 spiro atoms. The van der Waals surface area contributed by atoms with Crippen molar-refractivity contribution in [3.63, 3.8) is 0 Å². The van der Waals surface area contributed by atoms with Crippen LogP contribution in [0.2, 0.25) is 0 Å². The van der Waals surface area contributed by atoms with Gasteiger partial charge in [-0.2, -0.15) is 0 Å². The molecular weight excluding hydrogens is 228 g/mol. The summed E-state index contributed by atoms with van der Waals surface area (Å²) < 4.78 is 0. The molecule has 1 heterocycles. The summed E-state index contributed by atoms with van der Waals surface area (Å²) in [6.45, 7) is 7.24. The largest absolute Gasteiger partial charge is 0.304 e. The van der Waals surface area contributed by atoms with Crippen LogP contribution in [0.5, 0.6) is 0 Å². The number of thiazole rings is 1. The third-order valence-corrected chi connectivity index (χ3v) is 3.68. The van der Waals surface area contributed by atoms with E-state index < -0.39 is 0 Å². The van der Waals surface area contributed by atoms with Gasteiger partial charge in [0, 0.05) is 23.7 Å². The lowest BCUT2D eigenvalue weighted by atomic mass is 10.1. The molecule has 0 radical (unpaired) electrons. The number of nitrogens with one attached hydrogen (secondary N) is 1. The van der Waals surface area contributed by atoms with Crippen molar-refractivity contribution >= 4 is 11.3 Å². The molecule has 0 unspecified atom stereocenters. The van der Waals surface area contributed by atoms with Gasteiger partial charge in [0.2, 0.25) is 0 Å². The molecule has 17 heavy (non-hydrogen) atoms. The number of aryl methyl sites for hydroxylation is 2. The standard InChI is InChI=1S/C14H18N2S/c1-10-5-4-6-13(7-10)12(3)15-9-14-16-8-11(2)17-14/h4-8,12,15H,9H2,1-3H3/t12-/m0/s1. The second kappa shape index (κ2) is 5.43. The van der Waals surface area contributed by atoms with Crippen LogP contribution in [0.15, 0.2) is 30.5 Å². The van der Waals surface area contributed by atoms with Crippen LogP contribution in [0, 0.1) is 13.8 Å². The van der Waals surface area contributed by atoms with E-state index in [1.54, 1.807) is 11.3 Å². The minimum absolute atomic E-state index is 0.360. The normalized spacial score (nSPS) is 12.6. The van der Waals surface area contributed by atoms with Gasteiger partial charge in [0.1, 0.15) is 5.01 Å². The summed E-state index contributed by atoms with van der Waals surface area (Å²) in [6, 6.07) is 8.98. The summed E-state index contributed by atoms with van der Waals surface area (Å²) >= 11 is 1.75. The summed E-state index contributed by atoms with van der Waals surface area (Å²) in [5, 5.41) is 4.66. The van der Waals surface area contributed by atoms with Crippen molar-refractivity contribution in [3.05, 3.63) is 51.5 Å². The Labute approximate surface area is 107 Å². The van der Waals surface area contributed by atoms with Crippen LogP contribution in [0.4, 0.5) is 0 Å². The van der Waals surface area contributed by atoms with E-state index in [1.807, 2.05) is 6.20 Å². The Kier molecular flexibility index (Phi) is 3.92. The van der Waals surface area contributed by atoms with Crippen LogP contribution in [-0.4, -0.2) is 4.98 Å². The van der Waals surface area contributed by atoms with Gasteiger partial charge in [0.25, 0.3) is 0 Å². The van der Waals surface area contributed by atoms with Crippen molar-refractivity contribution in [1.82, 2.24) is 10.3 Å². The highest BCUT2D eigenvalue weighted by Gasteiger charge is 2.06. The van der Waals surface area contributed by atoms with E-state index >= 15 is 0 Å². The molecule has 1 aromatic carbocycles. The zero-order valence-corrected chi connectivity index (χ0v) is 11.3. The van der Waals surface area contributed by atoms with Crippen LogP contribution < -0.4 is 5.32 Å². The zero-order chi connectivity index (χ0) is 12.3. The Hall–Kier alpha value is -1.19. The molecular formula is C14H18N2S. The van der Waals surface area contributed by atoms with Crippen molar-refractivity contribution in [2.45, 2.75) is 33.4 Å². The smallest absolute Gasteiger partial charge is 0.107 e. The highest BCUT2D eigenvalue weighted by atomic mass is 32.1. The van der Waals surface area contributed by atoms with Crippen LogP contribution in [0.1, 0.15) is 34.0 Å². The van der Waals surface area contributed by atoms with Crippen molar-refractivity contribution in [3.8, 4) is 0 Å². The lowest BCUT2D eigenvalue weighted by molar-refractivity contribution is 0.573. The Morgan fingerprint density at radius 3 is 2.82 bits per heavy atom. The van der Waals surface area contributed by atoms with Gasteiger partial charge in [0.05, 0.1) is 0 Å². The maximum Gasteiger partial charge on any atom is 0.107 e. The van der Waals surface area contributed by atoms with Gasteiger partial charge in [-0.3, -0.25) is 0 Å². The fraction of sp³-hybridized carbons (Fsp3) is 0.357. The fourth-order valence-electron chi connectivity index (χ4n) is 1.78. The summed E-state index contributed by atoms with van der Waals surface area (Å²) in [5.74, 6) is 0. The summed E-state index contributed by atoms with van der Waals surface area (Å²) in [4.78, 5) is 5.62. The number of hydrogen-bond acceptors (Lipinski definition) is 3. The number of benzene rings is 1. The van der Waals surface area contributed by atoms with E-state index in [0.717, 1.165) is 11.6 Å². The number of nitrogens with zero attached hydrogens (tertiary/aromatic N) is 1. The zero-order valence-electron chi connectivity index (χ0n) is 10.5. The monoisotopic (exact) mass is 246 g/mol. The van der Waals surface area contributed by atoms with Gasteiger partial charge >= 0.3 is 0 Å². The number of hydrogen-bond donors (Lipinski definition) is 1. The van der Waals surface area contributed by atoms with Crippen LogP contribution in [-0.2, 0) is 6.54 Å². The van der Waals surface area contributed by atoms with Gasteiger partial charge in [-0.15, -0.1) is 11.3 Å². The van der Waals surface area contributed by atoms with Gasteiger partial charge in [-0.1, -0.05) is 29.8 Å². The first-order chi connectivity index (χ1) is 8.15. The molecule has 1 atom stereocenters. The van der Waals surface area contributed by atoms with Crippen LogP contribution in [0.25, 0.3) is 0 Å². The molecule has 3 heteroatoms. The molecule has 2 rings (SSSR count). The van der Waals surface area contributed by atoms with Crippen LogP contribution >= 0.6 is 11.3 Å². The average Bonchev–Trinajstić information content (AvgIpc) is 2.72. The van der Waals surface area contributed by atoms with E-state index in [4.69, 9.17) is 0 Å². The van der Waals surface area contributed by atoms with Crippen molar-refractivity contribution in [2.75, 3.05) is 0 Å². The van der Waals surface area contributed by atoms with Crippen LogP contribution in [0.3, 0.4) is 0 Å². The van der Waals surface area contributed by atoms with Gasteiger partial charge in [0.15, 0.2) is 0 Å². The second-order valence-corrected chi connectivity index (χ2v) is 5.70. The molecule has 0 fully saturated rings. The molecule has 90 valence electrons. The Bertz CT molecular complexity index is 490. The van der Waals surface area contributed by atoms with E-state index in [9.17, 15) is 0 Å². The molecule has 0 aliphatic heterocycles. The minimum atomic E-state index is 0.360. The molecule has 1 aromatic heterocycles. The highest BCUT2D eigenvalue weighted by molar-refractivity contribution is 7.11. The topological polar surface area (TPSA) is 24.9 Å². The quantitative estimate of drug-likeness (QED) is 0.891. The van der Waals surface area contributed by atoms with Gasteiger partial charge in [-0.05, 0) is 26.3 Å². The van der Waals surface area contributed by atoms with E-state index in [1.165, 1.54) is 16.0 Å². The molecule has 0 aliphatic carbocycles. The maximum atomic E-state index is 4.35. The minimum Gasteiger partial charge on any atom is -0.304 e. The maximum absolute atomic E-state index is 4.35. The fourth-order valence-corrected chi connectivity index (χ4v) is 2.52. The first-order valence-electron chi connectivity index (χ1n) is 5.86. The molecule has 0 aliphatic rings. The average molecular weight is 246 g/mol. The second-order valence-electron chi connectivity index (χ2n) is 4.38. The number of aromatic nitrogens is 1. The summed E-state index contributed by atoms with van der Waals surface area (Å²) in [6.07, 6.45) is 1.93. The molecule has 0 saturated carbocycles. The Morgan fingerprint density at radius 2 is 2.18 bits per heavy atom. The predicted molar refractivity (Wildman–Crippen MR) is 73.3 cm³/mol. The molecule has 2 nitrogen and oxygen atoms in total. The molecule has 1 N–H and O–H groups in total. The molecule has 0 bridgehead atoms. The number of rotatable bonds is 4. The first-order valence-corrected chi connectivity index (χ1v) is 6.68. The van der Waals surface area contributed by atoms with Crippen molar-refractivity contribution < 1.29 is 0 Å². The molecule has 2 aromatic rings. The lowest BCUT2D eigenvalue weighted by Crippen LogP contribution is -2.17. The predicted octanol–water partition coefficient (Wildman–Crippen LogP) is 3.61. The third kappa shape index (κ3) is 3.38. The summed E-state index contributed by atoms with van der Waals surface area (Å²) in [5.41, 5.74) is 2.64. The lowest BCUT2D eigenvalue weighted by Gasteiger charge is -2.13. The van der Waals surface area contributed by atoms with Gasteiger partial charge in [-0.25, -0.2) is 4.98 Å². The summed E-state index contributed by atoms with van der Waals surface area (Å²) in [7, 11) is 0. The van der Waals surface area contributed by atoms with Crippen molar-refractivity contribution in [1.29, 1.82) is 0 Å². The Morgan fingerprint density at radius 1 is 1.35 bits per heavy atom. The highest BCUT2D eigenvalue weighted by Crippen LogP contribution is 2.16. The SMILES string of the molecule is Cc1cccc([C@H](C)NCc2ncc(C)s2)c1. The van der Waals surface area contributed by atoms with E-state index in [2.05, 4.69) is 55.3 Å². The van der Waals surface area contributed by atoms with Gasteiger partial charge < -0.3 is 5.32 Å². The molecule has 0 amide bonds. The Balaban J connectivity index is 1.95. The first kappa shape index (κ1) is 12.3. The van der Waals surface area contributed by atoms with E-state index in [-0.39, 0.29) is 0 Å². The molecule has 0 saturated heterocycles. The third-order valence-electron chi connectivity index (χ3n) is 2.77. The van der Waals surface area contributed by atoms with Crippen molar-refractivity contribution in [2.24, 2.45) is 0 Å². The van der Waals surface area contributed by atoms with E-state index in [0.29, 0.717) is 6.04 Å².